The van der Waals surface area contributed by atoms with Gasteiger partial charge < -0.3 is 10.1 Å². The highest BCUT2D eigenvalue weighted by Crippen LogP contribution is 2.31. The molecule has 0 aromatic heterocycles. The third kappa shape index (κ3) is 2.71. The van der Waals surface area contributed by atoms with Gasteiger partial charge in [0, 0.05) is 0 Å². The molecule has 2 aromatic carbocycles. The number of methoxy groups -OCH3 is 1. The largest absolute Gasteiger partial charge is 0.496 e. The van der Waals surface area contributed by atoms with Gasteiger partial charge in [-0.15, -0.1) is 0 Å². The van der Waals surface area contributed by atoms with E-state index < -0.39 is 23.5 Å². The average Bonchev–Trinajstić information content (AvgIpc) is 2.43. The molecule has 106 valence electrons. The standard InChI is InChI=1S/C15H14F3NO/c1-9(14-10(16)5-4-8-13(14)20-2)19-12-7-3-6-11(17)15(12)18/h3-9,19H,1-2H3. The lowest BCUT2D eigenvalue weighted by Crippen LogP contribution is -2.11. The maximum Gasteiger partial charge on any atom is 0.181 e. The van der Waals surface area contributed by atoms with Gasteiger partial charge in [-0.25, -0.2) is 13.2 Å². The second-order valence-electron chi connectivity index (χ2n) is 4.32. The minimum Gasteiger partial charge on any atom is -0.496 e. The predicted octanol–water partition coefficient (Wildman–Crippen LogP) is 4.29. The van der Waals surface area contributed by atoms with Crippen LogP contribution in [0.2, 0.25) is 0 Å². The fourth-order valence-electron chi connectivity index (χ4n) is 2.04. The quantitative estimate of drug-likeness (QED) is 0.902. The van der Waals surface area contributed by atoms with Gasteiger partial charge in [-0.1, -0.05) is 12.1 Å². The van der Waals surface area contributed by atoms with Gasteiger partial charge in [0.2, 0.25) is 0 Å². The highest BCUT2D eigenvalue weighted by Gasteiger charge is 2.18. The molecule has 2 aromatic rings. The monoisotopic (exact) mass is 281 g/mol. The molecule has 2 nitrogen and oxygen atoms in total. The molecule has 1 unspecified atom stereocenters. The molecule has 0 bridgehead atoms. The Morgan fingerprint density at radius 2 is 1.65 bits per heavy atom. The smallest absolute Gasteiger partial charge is 0.181 e. The molecule has 0 aliphatic heterocycles. The second kappa shape index (κ2) is 5.86. The van der Waals surface area contributed by atoms with Crippen LogP contribution in [0.3, 0.4) is 0 Å². The summed E-state index contributed by atoms with van der Waals surface area (Å²) in [5.74, 6) is -2.07. The molecule has 0 heterocycles. The summed E-state index contributed by atoms with van der Waals surface area (Å²) in [6.07, 6.45) is 0. The molecular weight excluding hydrogens is 267 g/mol. The van der Waals surface area contributed by atoms with E-state index in [0.717, 1.165) is 6.07 Å². The number of hydrogen-bond acceptors (Lipinski definition) is 2. The Labute approximate surface area is 115 Å². The molecule has 1 atom stereocenters. The molecule has 5 heteroatoms. The number of anilines is 1. The molecule has 0 radical (unpaired) electrons. The van der Waals surface area contributed by atoms with Crippen LogP contribution in [0.15, 0.2) is 36.4 Å². The van der Waals surface area contributed by atoms with Gasteiger partial charge in [0.05, 0.1) is 24.4 Å². The summed E-state index contributed by atoms with van der Waals surface area (Å²) in [7, 11) is 1.42. The molecule has 0 spiro atoms. The normalized spacial score (nSPS) is 12.1. The minimum absolute atomic E-state index is 0.0252. The number of rotatable bonds is 4. The van der Waals surface area contributed by atoms with Crippen LogP contribution in [0.25, 0.3) is 0 Å². The summed E-state index contributed by atoms with van der Waals surface area (Å²) < 4.78 is 45.7. The van der Waals surface area contributed by atoms with E-state index in [2.05, 4.69) is 5.32 Å². The summed E-state index contributed by atoms with van der Waals surface area (Å²) in [6, 6.07) is 7.63. The van der Waals surface area contributed by atoms with E-state index in [9.17, 15) is 13.2 Å². The van der Waals surface area contributed by atoms with Crippen molar-refractivity contribution in [3.63, 3.8) is 0 Å². The van der Waals surface area contributed by atoms with E-state index in [-0.39, 0.29) is 11.3 Å². The summed E-state index contributed by atoms with van der Waals surface area (Å²) in [5, 5.41) is 2.75. The van der Waals surface area contributed by atoms with Crippen molar-refractivity contribution >= 4 is 5.69 Å². The van der Waals surface area contributed by atoms with Gasteiger partial charge in [0.15, 0.2) is 11.6 Å². The molecule has 2 rings (SSSR count). The second-order valence-corrected chi connectivity index (χ2v) is 4.32. The van der Waals surface area contributed by atoms with Gasteiger partial charge in [-0.2, -0.15) is 0 Å². The first-order valence-corrected chi connectivity index (χ1v) is 6.07. The summed E-state index contributed by atoms with van der Waals surface area (Å²) in [6.45, 7) is 1.64. The Bertz CT molecular complexity index is 616. The zero-order valence-electron chi connectivity index (χ0n) is 11.1. The van der Waals surface area contributed by atoms with E-state index in [4.69, 9.17) is 4.74 Å². The molecule has 0 saturated carbocycles. The van der Waals surface area contributed by atoms with E-state index in [0.29, 0.717) is 5.75 Å². The highest BCUT2D eigenvalue weighted by molar-refractivity contribution is 5.49. The van der Waals surface area contributed by atoms with Crippen molar-refractivity contribution in [1.29, 1.82) is 0 Å². The van der Waals surface area contributed by atoms with Crippen molar-refractivity contribution < 1.29 is 17.9 Å². The van der Waals surface area contributed by atoms with E-state index >= 15 is 0 Å². The van der Waals surface area contributed by atoms with Crippen LogP contribution in [-0.4, -0.2) is 7.11 Å². The van der Waals surface area contributed by atoms with Crippen LogP contribution in [0.4, 0.5) is 18.9 Å². The number of halogens is 3. The number of nitrogens with one attached hydrogen (secondary N) is 1. The van der Waals surface area contributed by atoms with Crippen LogP contribution in [0.1, 0.15) is 18.5 Å². The Morgan fingerprint density at radius 3 is 2.35 bits per heavy atom. The third-order valence-electron chi connectivity index (χ3n) is 2.99. The molecule has 0 amide bonds. The van der Waals surface area contributed by atoms with Crippen molar-refractivity contribution in [3.8, 4) is 5.75 Å². The fraction of sp³-hybridized carbons (Fsp3) is 0.200. The van der Waals surface area contributed by atoms with Crippen LogP contribution < -0.4 is 10.1 Å². The molecule has 20 heavy (non-hydrogen) atoms. The van der Waals surface area contributed by atoms with Gasteiger partial charge in [-0.05, 0) is 31.2 Å². The highest BCUT2D eigenvalue weighted by atomic mass is 19.2. The number of hydrogen-bond donors (Lipinski definition) is 1. The van der Waals surface area contributed by atoms with Crippen LogP contribution in [0.5, 0.6) is 5.75 Å². The molecule has 0 fully saturated rings. The van der Waals surface area contributed by atoms with E-state index in [1.807, 2.05) is 0 Å². The van der Waals surface area contributed by atoms with Crippen molar-refractivity contribution in [2.24, 2.45) is 0 Å². The van der Waals surface area contributed by atoms with Crippen molar-refractivity contribution in [2.75, 3.05) is 12.4 Å². The van der Waals surface area contributed by atoms with Crippen molar-refractivity contribution in [3.05, 3.63) is 59.4 Å². The lowest BCUT2D eigenvalue weighted by Gasteiger charge is -2.19. The zero-order chi connectivity index (χ0) is 14.7. The molecule has 0 aliphatic carbocycles. The molecule has 0 aliphatic rings. The van der Waals surface area contributed by atoms with Gasteiger partial charge in [-0.3, -0.25) is 0 Å². The molecular formula is C15H14F3NO. The average molecular weight is 281 g/mol. The Kier molecular flexibility index (Phi) is 4.17. The molecule has 1 N–H and O–H groups in total. The van der Waals surface area contributed by atoms with Crippen LogP contribution in [-0.2, 0) is 0 Å². The van der Waals surface area contributed by atoms with E-state index in [1.165, 1.54) is 31.4 Å². The first kappa shape index (κ1) is 14.2. The molecule has 0 saturated heterocycles. The van der Waals surface area contributed by atoms with E-state index in [1.54, 1.807) is 13.0 Å². The first-order valence-electron chi connectivity index (χ1n) is 6.07. The predicted molar refractivity (Wildman–Crippen MR) is 71.3 cm³/mol. The Hall–Kier alpha value is -2.17. The van der Waals surface area contributed by atoms with Crippen LogP contribution >= 0.6 is 0 Å². The van der Waals surface area contributed by atoms with Gasteiger partial charge in [0.25, 0.3) is 0 Å². The number of ether oxygens (including phenoxy) is 1. The summed E-state index contributed by atoms with van der Waals surface area (Å²) in [4.78, 5) is 0. The van der Waals surface area contributed by atoms with Gasteiger partial charge >= 0.3 is 0 Å². The topological polar surface area (TPSA) is 21.3 Å². The lowest BCUT2D eigenvalue weighted by molar-refractivity contribution is 0.402. The van der Waals surface area contributed by atoms with Crippen molar-refractivity contribution in [2.45, 2.75) is 13.0 Å². The van der Waals surface area contributed by atoms with Crippen molar-refractivity contribution in [1.82, 2.24) is 0 Å². The SMILES string of the molecule is COc1cccc(F)c1C(C)Nc1cccc(F)c1F. The number of benzene rings is 2. The first-order chi connectivity index (χ1) is 9.54. The van der Waals surface area contributed by atoms with Crippen LogP contribution in [0, 0.1) is 17.5 Å². The fourth-order valence-corrected chi connectivity index (χ4v) is 2.04. The Balaban J connectivity index is 2.33. The third-order valence-corrected chi connectivity index (χ3v) is 2.99. The summed E-state index contributed by atoms with van der Waals surface area (Å²) >= 11 is 0. The summed E-state index contributed by atoms with van der Waals surface area (Å²) in [5.41, 5.74) is 0.237. The maximum absolute atomic E-state index is 13.9. The Morgan fingerprint density at radius 1 is 1.00 bits per heavy atom. The lowest BCUT2D eigenvalue weighted by atomic mass is 10.1. The minimum atomic E-state index is -0.991. The zero-order valence-corrected chi connectivity index (χ0v) is 11.1. The van der Waals surface area contributed by atoms with Gasteiger partial charge in [0.1, 0.15) is 11.6 Å². The maximum atomic E-state index is 13.9.